The number of rotatable bonds is 3. The minimum atomic E-state index is -0.125. The Kier molecular flexibility index (Phi) is 6.49. The summed E-state index contributed by atoms with van der Waals surface area (Å²) in [7, 11) is 2.07. The summed E-state index contributed by atoms with van der Waals surface area (Å²) in [5.41, 5.74) is 3.79. The number of hydrogen-bond donors (Lipinski definition) is 1. The van der Waals surface area contributed by atoms with Gasteiger partial charge in [-0.15, -0.1) is 0 Å². The van der Waals surface area contributed by atoms with E-state index in [1.165, 1.54) is 0 Å². The molecule has 1 saturated heterocycles. The van der Waals surface area contributed by atoms with Gasteiger partial charge in [-0.3, -0.25) is 9.59 Å². The van der Waals surface area contributed by atoms with Gasteiger partial charge in [0.2, 0.25) is 11.6 Å². The fraction of sp³-hybridized carbons (Fsp3) is 0.333. The quantitative estimate of drug-likeness (QED) is 0.858. The maximum atomic E-state index is 13.3. The molecule has 152 valence electrons. The molecule has 1 aliphatic heterocycles. The number of hydrogen-bond acceptors (Lipinski definition) is 5. The van der Waals surface area contributed by atoms with E-state index >= 15 is 0 Å². The van der Waals surface area contributed by atoms with Crippen LogP contribution in [0.1, 0.15) is 40.1 Å². The number of carbonyl (C=O) groups is 2. The third kappa shape index (κ3) is 4.25. The predicted octanol–water partition coefficient (Wildman–Crippen LogP) is 3.97. The maximum absolute atomic E-state index is 13.3. The molecule has 2 aliphatic rings. The summed E-state index contributed by atoms with van der Waals surface area (Å²) in [6.07, 6.45) is 0. The molecule has 0 spiro atoms. The third-order valence-corrected chi connectivity index (χ3v) is 5.24. The van der Waals surface area contributed by atoms with Crippen LogP contribution in [0.25, 0.3) is 0 Å². The molecule has 0 aromatic heterocycles. The third-order valence-electron chi connectivity index (χ3n) is 5.24. The van der Waals surface area contributed by atoms with Crippen LogP contribution < -0.4 is 5.32 Å². The van der Waals surface area contributed by atoms with Gasteiger partial charge in [-0.2, -0.15) is 0 Å². The van der Waals surface area contributed by atoms with Gasteiger partial charge in [-0.05, 0) is 26.1 Å². The summed E-state index contributed by atoms with van der Waals surface area (Å²) in [4.78, 5) is 30.8. The first-order chi connectivity index (χ1) is 14.0. The van der Waals surface area contributed by atoms with Crippen LogP contribution in [0, 0.1) is 6.92 Å². The highest BCUT2D eigenvalue weighted by Crippen LogP contribution is 2.30. The van der Waals surface area contributed by atoms with Gasteiger partial charge in [0.25, 0.3) is 0 Å². The van der Waals surface area contributed by atoms with Crippen LogP contribution in [0.4, 0.5) is 5.69 Å². The minimum absolute atomic E-state index is 0.0793. The first-order valence-electron chi connectivity index (χ1n) is 10.2. The van der Waals surface area contributed by atoms with E-state index in [2.05, 4.69) is 17.3 Å². The first kappa shape index (κ1) is 20.8. The Hall–Kier alpha value is -2.92. The van der Waals surface area contributed by atoms with E-state index in [0.29, 0.717) is 22.5 Å². The van der Waals surface area contributed by atoms with E-state index in [0.717, 1.165) is 37.4 Å². The molecule has 29 heavy (non-hydrogen) atoms. The Morgan fingerprint density at radius 3 is 1.93 bits per heavy atom. The fourth-order valence-corrected chi connectivity index (χ4v) is 3.59. The molecule has 5 nitrogen and oxygen atoms in total. The molecule has 0 atom stereocenters. The van der Waals surface area contributed by atoms with Crippen molar-refractivity contribution in [3.8, 4) is 0 Å². The molecule has 4 rings (SSSR count). The van der Waals surface area contributed by atoms with Crippen molar-refractivity contribution in [2.24, 2.45) is 0 Å². The Bertz CT molecular complexity index is 923. The van der Waals surface area contributed by atoms with E-state index in [9.17, 15) is 9.59 Å². The van der Waals surface area contributed by atoms with Crippen molar-refractivity contribution < 1.29 is 9.59 Å². The summed E-state index contributed by atoms with van der Waals surface area (Å²) < 4.78 is 0. The van der Waals surface area contributed by atoms with Gasteiger partial charge in [-0.25, -0.2) is 0 Å². The van der Waals surface area contributed by atoms with Crippen molar-refractivity contribution in [3.63, 3.8) is 0 Å². The summed E-state index contributed by atoms with van der Waals surface area (Å²) in [5, 5.41) is 3.24. The number of nitrogens with one attached hydrogen (secondary N) is 1. The smallest absolute Gasteiger partial charge is 0.212 e. The molecule has 0 amide bonds. The number of carbonyl (C=O) groups excluding carboxylic acids is 2. The fourth-order valence-electron chi connectivity index (χ4n) is 3.59. The average molecular weight is 392 g/mol. The Morgan fingerprint density at radius 1 is 0.793 bits per heavy atom. The van der Waals surface area contributed by atoms with Crippen molar-refractivity contribution >= 4 is 17.3 Å². The number of piperazine rings is 1. The van der Waals surface area contributed by atoms with Crippen LogP contribution in [0.5, 0.6) is 0 Å². The number of nitrogens with zero attached hydrogens (tertiary/aromatic N) is 2. The van der Waals surface area contributed by atoms with Crippen LogP contribution in [0.2, 0.25) is 0 Å². The molecular weight excluding hydrogens is 362 g/mol. The van der Waals surface area contributed by atoms with Gasteiger partial charge in [0, 0.05) is 43.0 Å². The van der Waals surface area contributed by atoms with Gasteiger partial charge in [-0.1, -0.05) is 55.8 Å². The molecule has 0 radical (unpaired) electrons. The number of benzene rings is 2. The lowest BCUT2D eigenvalue weighted by molar-refractivity contribution is 0.0917. The van der Waals surface area contributed by atoms with Crippen LogP contribution in [0.3, 0.4) is 0 Å². The zero-order valence-corrected chi connectivity index (χ0v) is 17.7. The van der Waals surface area contributed by atoms with E-state index in [4.69, 9.17) is 0 Å². The van der Waals surface area contributed by atoms with Crippen LogP contribution in [-0.4, -0.2) is 54.6 Å². The SMILES string of the molecule is CC.Cc1ccc(NC2=C(N3CCN(C)CC3)C(=O)c3ccccc3C2=O)cc1. The van der Waals surface area contributed by atoms with Crippen LogP contribution >= 0.6 is 0 Å². The molecule has 0 unspecified atom stereocenters. The topological polar surface area (TPSA) is 52.6 Å². The summed E-state index contributed by atoms with van der Waals surface area (Å²) >= 11 is 0. The van der Waals surface area contributed by atoms with Gasteiger partial charge in [0.1, 0.15) is 11.4 Å². The summed E-state index contributed by atoms with van der Waals surface area (Å²) in [5.74, 6) is -0.205. The average Bonchev–Trinajstić information content (AvgIpc) is 2.76. The molecule has 2 aromatic carbocycles. The first-order valence-corrected chi connectivity index (χ1v) is 10.2. The number of ketones is 2. The highest BCUT2D eigenvalue weighted by molar-refractivity contribution is 6.27. The summed E-state index contributed by atoms with van der Waals surface area (Å²) in [6, 6.07) is 14.9. The number of anilines is 1. The van der Waals surface area contributed by atoms with Crippen molar-refractivity contribution in [2.75, 3.05) is 38.5 Å². The predicted molar refractivity (Wildman–Crippen MR) is 117 cm³/mol. The lowest BCUT2D eigenvalue weighted by Crippen LogP contribution is -2.47. The molecule has 1 fully saturated rings. The van der Waals surface area contributed by atoms with Gasteiger partial charge in [0.15, 0.2) is 0 Å². The Labute approximate surface area is 173 Å². The lowest BCUT2D eigenvalue weighted by atomic mass is 9.89. The monoisotopic (exact) mass is 391 g/mol. The van der Waals surface area contributed by atoms with Crippen LogP contribution in [0.15, 0.2) is 59.9 Å². The highest BCUT2D eigenvalue weighted by Gasteiger charge is 2.36. The largest absolute Gasteiger partial charge is 0.364 e. The number of allylic oxidation sites excluding steroid dienone is 2. The standard InChI is InChI=1S/C22H23N3O2.C2H6/c1-15-7-9-16(10-8-15)23-19-20(25-13-11-24(2)12-14-25)22(27)18-6-4-3-5-17(18)21(19)26;1-2/h3-10,23H,11-14H2,1-2H3;1-2H3. The highest BCUT2D eigenvalue weighted by atomic mass is 16.1. The van der Waals surface area contributed by atoms with Gasteiger partial charge in [0.05, 0.1) is 0 Å². The van der Waals surface area contributed by atoms with Crippen molar-refractivity contribution in [1.29, 1.82) is 0 Å². The minimum Gasteiger partial charge on any atom is -0.364 e. The van der Waals surface area contributed by atoms with Crippen molar-refractivity contribution in [3.05, 3.63) is 76.6 Å². The van der Waals surface area contributed by atoms with E-state index < -0.39 is 0 Å². The molecule has 0 saturated carbocycles. The van der Waals surface area contributed by atoms with Gasteiger partial charge >= 0.3 is 0 Å². The summed E-state index contributed by atoms with van der Waals surface area (Å²) in [6.45, 7) is 9.21. The zero-order chi connectivity index (χ0) is 21.0. The van der Waals surface area contributed by atoms with Crippen LogP contribution in [-0.2, 0) is 0 Å². The number of fused-ring (bicyclic) bond motifs is 1. The molecule has 5 heteroatoms. The lowest BCUT2D eigenvalue weighted by Gasteiger charge is -2.37. The Balaban J connectivity index is 0.00000117. The number of aryl methyl sites for hydroxylation is 1. The second-order valence-electron chi connectivity index (χ2n) is 7.21. The number of likely N-dealkylation sites (N-methyl/N-ethyl adjacent to an activating group) is 1. The van der Waals surface area contributed by atoms with Gasteiger partial charge < -0.3 is 15.1 Å². The van der Waals surface area contributed by atoms with E-state index in [1.807, 2.05) is 56.0 Å². The molecule has 1 heterocycles. The van der Waals surface area contributed by atoms with Crippen molar-refractivity contribution in [2.45, 2.75) is 20.8 Å². The second-order valence-corrected chi connectivity index (χ2v) is 7.21. The molecule has 1 aliphatic carbocycles. The van der Waals surface area contributed by atoms with E-state index in [1.54, 1.807) is 18.2 Å². The Morgan fingerprint density at radius 2 is 1.34 bits per heavy atom. The normalized spacial score (nSPS) is 16.9. The molecule has 1 N–H and O–H groups in total. The number of Topliss-reactive ketones (excluding diaryl/α,β-unsaturated/α-hetero) is 2. The molecule has 2 aromatic rings. The second kappa shape index (κ2) is 9.05. The zero-order valence-electron chi connectivity index (χ0n) is 17.7. The maximum Gasteiger partial charge on any atom is 0.212 e. The molecule has 0 bridgehead atoms. The van der Waals surface area contributed by atoms with Crippen molar-refractivity contribution in [1.82, 2.24) is 9.80 Å². The molecular formula is C24H29N3O2. The van der Waals surface area contributed by atoms with E-state index in [-0.39, 0.29) is 11.6 Å².